The van der Waals surface area contributed by atoms with Gasteiger partial charge in [-0.05, 0) is 53.8 Å². The Hall–Kier alpha value is -4.42. The van der Waals surface area contributed by atoms with Crippen molar-refractivity contribution in [3.63, 3.8) is 0 Å². The highest BCUT2D eigenvalue weighted by atomic mass is 35.5. The number of carbonyl (C=O) groups excluding carboxylic acids is 3. The van der Waals surface area contributed by atoms with Gasteiger partial charge in [-0.3, -0.25) is 14.4 Å². The molecule has 36 heavy (non-hydrogen) atoms. The predicted octanol–water partition coefficient (Wildman–Crippen LogP) is 6.09. The lowest BCUT2D eigenvalue weighted by Crippen LogP contribution is -2.32. The van der Waals surface area contributed by atoms with Crippen molar-refractivity contribution < 1.29 is 14.4 Å². The maximum absolute atomic E-state index is 13.1. The van der Waals surface area contributed by atoms with Gasteiger partial charge in [0.2, 0.25) is 0 Å². The Morgan fingerprint density at radius 3 is 2.36 bits per heavy atom. The molecule has 1 aliphatic heterocycles. The van der Waals surface area contributed by atoms with E-state index in [1.54, 1.807) is 36.4 Å². The van der Waals surface area contributed by atoms with Gasteiger partial charge in [0, 0.05) is 22.3 Å². The first kappa shape index (κ1) is 23.3. The summed E-state index contributed by atoms with van der Waals surface area (Å²) in [6.07, 6.45) is 0.846. The van der Waals surface area contributed by atoms with E-state index in [4.69, 9.17) is 11.6 Å². The molecule has 0 saturated heterocycles. The number of hydrogen-bond donors (Lipinski definition) is 2. The standard InChI is InChI=1S/C29H22ClN3O3/c1-2-18-13-15-22(16-14-18)33-28(35)25(30)26(29(33)36)31-21-10-5-9-20(17-21)27(34)32-24-12-6-8-19-7-3-4-11-23(19)24/h3-17,31H,2H2,1H3,(H,32,34). The van der Waals surface area contributed by atoms with Gasteiger partial charge in [0.15, 0.2) is 0 Å². The van der Waals surface area contributed by atoms with E-state index in [9.17, 15) is 14.4 Å². The Morgan fingerprint density at radius 1 is 0.861 bits per heavy atom. The summed E-state index contributed by atoms with van der Waals surface area (Å²) in [7, 11) is 0. The van der Waals surface area contributed by atoms with Crippen LogP contribution >= 0.6 is 11.6 Å². The molecule has 0 aliphatic carbocycles. The minimum atomic E-state index is -0.599. The molecular weight excluding hydrogens is 474 g/mol. The number of nitrogens with zero attached hydrogens (tertiary/aromatic N) is 1. The van der Waals surface area contributed by atoms with Gasteiger partial charge < -0.3 is 10.6 Å². The van der Waals surface area contributed by atoms with Crippen LogP contribution in [0.15, 0.2) is 102 Å². The SMILES string of the molecule is CCc1ccc(N2C(=O)C(Cl)=C(Nc3cccc(C(=O)Nc4cccc5ccccc45)c3)C2=O)cc1. The maximum atomic E-state index is 13.1. The molecule has 0 spiro atoms. The van der Waals surface area contributed by atoms with E-state index in [0.29, 0.717) is 22.6 Å². The number of anilines is 3. The summed E-state index contributed by atoms with van der Waals surface area (Å²) >= 11 is 6.27. The molecule has 3 amide bonds. The number of hydrogen-bond acceptors (Lipinski definition) is 4. The third kappa shape index (κ3) is 4.34. The number of fused-ring (bicyclic) bond motifs is 1. The summed E-state index contributed by atoms with van der Waals surface area (Å²) in [5, 5.41) is 7.64. The first-order valence-corrected chi connectivity index (χ1v) is 11.9. The van der Waals surface area contributed by atoms with Crippen molar-refractivity contribution in [1.29, 1.82) is 0 Å². The lowest BCUT2D eigenvalue weighted by atomic mass is 10.1. The number of carbonyl (C=O) groups is 3. The summed E-state index contributed by atoms with van der Waals surface area (Å²) in [6, 6.07) is 27.3. The van der Waals surface area contributed by atoms with Gasteiger partial charge >= 0.3 is 0 Å². The summed E-state index contributed by atoms with van der Waals surface area (Å²) in [5.41, 5.74) is 3.04. The predicted molar refractivity (Wildman–Crippen MR) is 143 cm³/mol. The highest BCUT2D eigenvalue weighted by Crippen LogP contribution is 2.31. The lowest BCUT2D eigenvalue weighted by Gasteiger charge is -2.15. The van der Waals surface area contributed by atoms with Crippen LogP contribution < -0.4 is 15.5 Å². The molecular formula is C29H22ClN3O3. The summed E-state index contributed by atoms with van der Waals surface area (Å²) in [6.45, 7) is 2.03. The lowest BCUT2D eigenvalue weighted by molar-refractivity contribution is -0.120. The number of amides is 3. The van der Waals surface area contributed by atoms with Crippen LogP contribution in [0.2, 0.25) is 0 Å². The van der Waals surface area contributed by atoms with Crippen molar-refractivity contribution in [2.45, 2.75) is 13.3 Å². The third-order valence-electron chi connectivity index (χ3n) is 6.06. The molecule has 5 rings (SSSR count). The highest BCUT2D eigenvalue weighted by Gasteiger charge is 2.39. The second-order valence-electron chi connectivity index (χ2n) is 8.34. The number of halogens is 1. The molecule has 0 saturated carbocycles. The molecule has 4 aromatic rings. The molecule has 178 valence electrons. The Morgan fingerprint density at radius 2 is 1.58 bits per heavy atom. The molecule has 6 nitrogen and oxygen atoms in total. The van der Waals surface area contributed by atoms with Gasteiger partial charge in [-0.15, -0.1) is 0 Å². The molecule has 0 fully saturated rings. The van der Waals surface area contributed by atoms with Gasteiger partial charge in [-0.1, -0.05) is 73.1 Å². The smallest absolute Gasteiger partial charge is 0.283 e. The van der Waals surface area contributed by atoms with Crippen LogP contribution in [0.3, 0.4) is 0 Å². The largest absolute Gasteiger partial charge is 0.350 e. The Kier molecular flexibility index (Phi) is 6.27. The molecule has 0 bridgehead atoms. The maximum Gasteiger partial charge on any atom is 0.283 e. The summed E-state index contributed by atoms with van der Waals surface area (Å²) in [5.74, 6) is -1.46. The topological polar surface area (TPSA) is 78.5 Å². The summed E-state index contributed by atoms with van der Waals surface area (Å²) < 4.78 is 0. The number of imide groups is 1. The normalized spacial score (nSPS) is 13.4. The molecule has 0 atom stereocenters. The molecule has 0 radical (unpaired) electrons. The first-order valence-electron chi connectivity index (χ1n) is 11.5. The van der Waals surface area contributed by atoms with E-state index >= 15 is 0 Å². The van der Waals surface area contributed by atoms with Crippen molar-refractivity contribution in [2.75, 3.05) is 15.5 Å². The van der Waals surface area contributed by atoms with E-state index in [0.717, 1.165) is 27.7 Å². The van der Waals surface area contributed by atoms with E-state index in [-0.39, 0.29) is 16.6 Å². The Bertz CT molecular complexity index is 1540. The third-order valence-corrected chi connectivity index (χ3v) is 6.41. The number of aryl methyl sites for hydroxylation is 1. The van der Waals surface area contributed by atoms with E-state index in [1.807, 2.05) is 61.5 Å². The van der Waals surface area contributed by atoms with E-state index in [1.165, 1.54) is 0 Å². The summed E-state index contributed by atoms with van der Waals surface area (Å²) in [4.78, 5) is 39.9. The van der Waals surface area contributed by atoms with Crippen molar-refractivity contribution in [3.05, 3.63) is 113 Å². The van der Waals surface area contributed by atoms with Crippen molar-refractivity contribution in [3.8, 4) is 0 Å². The van der Waals surface area contributed by atoms with Gasteiger partial charge in [-0.25, -0.2) is 4.90 Å². The molecule has 1 heterocycles. The Labute approximate surface area is 213 Å². The fourth-order valence-corrected chi connectivity index (χ4v) is 4.35. The van der Waals surface area contributed by atoms with Crippen LogP contribution in [0.5, 0.6) is 0 Å². The van der Waals surface area contributed by atoms with Gasteiger partial charge in [0.05, 0.1) is 5.69 Å². The quantitative estimate of drug-likeness (QED) is 0.317. The zero-order valence-electron chi connectivity index (χ0n) is 19.4. The van der Waals surface area contributed by atoms with Crippen LogP contribution in [-0.4, -0.2) is 17.7 Å². The van der Waals surface area contributed by atoms with Crippen molar-refractivity contribution in [2.24, 2.45) is 0 Å². The zero-order chi connectivity index (χ0) is 25.2. The molecule has 7 heteroatoms. The van der Waals surface area contributed by atoms with Gasteiger partial charge in [-0.2, -0.15) is 0 Å². The number of nitrogens with one attached hydrogen (secondary N) is 2. The zero-order valence-corrected chi connectivity index (χ0v) is 20.2. The molecule has 4 aromatic carbocycles. The number of benzene rings is 4. The van der Waals surface area contributed by atoms with Crippen molar-refractivity contribution >= 4 is 57.2 Å². The molecule has 1 aliphatic rings. The van der Waals surface area contributed by atoms with Crippen LogP contribution in [0.1, 0.15) is 22.8 Å². The molecule has 0 aromatic heterocycles. The van der Waals surface area contributed by atoms with Crippen LogP contribution in [0.4, 0.5) is 17.1 Å². The minimum absolute atomic E-state index is 0.0344. The van der Waals surface area contributed by atoms with Gasteiger partial charge in [0.1, 0.15) is 10.7 Å². The fraction of sp³-hybridized carbons (Fsp3) is 0.0690. The minimum Gasteiger partial charge on any atom is -0.350 e. The van der Waals surface area contributed by atoms with Crippen LogP contribution in [-0.2, 0) is 16.0 Å². The first-order chi connectivity index (χ1) is 17.5. The average Bonchev–Trinajstić information content (AvgIpc) is 3.12. The number of rotatable bonds is 6. The van der Waals surface area contributed by atoms with Crippen LogP contribution in [0.25, 0.3) is 10.8 Å². The average molecular weight is 496 g/mol. The molecule has 0 unspecified atom stereocenters. The second kappa shape index (κ2) is 9.68. The van der Waals surface area contributed by atoms with Crippen LogP contribution in [0, 0.1) is 0 Å². The van der Waals surface area contributed by atoms with E-state index < -0.39 is 11.8 Å². The monoisotopic (exact) mass is 495 g/mol. The van der Waals surface area contributed by atoms with E-state index in [2.05, 4.69) is 10.6 Å². The van der Waals surface area contributed by atoms with Gasteiger partial charge in [0.25, 0.3) is 17.7 Å². The fourth-order valence-electron chi connectivity index (χ4n) is 4.14. The molecule has 2 N–H and O–H groups in total. The Balaban J connectivity index is 1.36. The van der Waals surface area contributed by atoms with Crippen molar-refractivity contribution in [1.82, 2.24) is 0 Å². The second-order valence-corrected chi connectivity index (χ2v) is 8.72. The highest BCUT2D eigenvalue weighted by molar-refractivity contribution is 6.53.